The molecule has 0 heterocycles. The highest BCUT2D eigenvalue weighted by atomic mass is 16.5. The molecule has 1 N–H and O–H groups in total. The van der Waals surface area contributed by atoms with Crippen LogP contribution in [0.2, 0.25) is 0 Å². The fourth-order valence-corrected chi connectivity index (χ4v) is 2.78. The molecule has 0 amide bonds. The molecule has 2 rings (SSSR count). The van der Waals surface area contributed by atoms with Gasteiger partial charge < -0.3 is 10.1 Å². The Morgan fingerprint density at radius 2 is 1.84 bits per heavy atom. The number of hydrogen-bond acceptors (Lipinski definition) is 2. The molecule has 0 aliphatic heterocycles. The molecule has 1 aromatic carbocycles. The second-order valence-electron chi connectivity index (χ2n) is 5.61. The standard InChI is InChI=1S/C17H27NO/c1-3-18-17(15-11-9-14(2)10-12-15)13-19-16-7-5-4-6-8-16/h9-12,16-18H,3-8,13H2,1-2H3. The van der Waals surface area contributed by atoms with Gasteiger partial charge in [0.2, 0.25) is 0 Å². The number of benzene rings is 1. The molecule has 19 heavy (non-hydrogen) atoms. The van der Waals surface area contributed by atoms with Crippen LogP contribution < -0.4 is 5.32 Å². The van der Waals surface area contributed by atoms with Gasteiger partial charge in [-0.1, -0.05) is 56.0 Å². The molecule has 1 unspecified atom stereocenters. The van der Waals surface area contributed by atoms with Crippen molar-refractivity contribution < 1.29 is 4.74 Å². The first kappa shape index (κ1) is 14.5. The molecule has 2 nitrogen and oxygen atoms in total. The molecular formula is C17H27NO. The van der Waals surface area contributed by atoms with E-state index < -0.39 is 0 Å². The predicted octanol–water partition coefficient (Wildman–Crippen LogP) is 3.99. The molecule has 1 atom stereocenters. The van der Waals surface area contributed by atoms with Crippen molar-refractivity contribution in [1.82, 2.24) is 5.32 Å². The third kappa shape index (κ3) is 4.63. The van der Waals surface area contributed by atoms with Crippen molar-refractivity contribution in [1.29, 1.82) is 0 Å². The van der Waals surface area contributed by atoms with Gasteiger partial charge >= 0.3 is 0 Å². The van der Waals surface area contributed by atoms with Crippen LogP contribution in [-0.4, -0.2) is 19.3 Å². The molecule has 0 aromatic heterocycles. The average molecular weight is 261 g/mol. The quantitative estimate of drug-likeness (QED) is 0.836. The Morgan fingerprint density at radius 1 is 1.16 bits per heavy atom. The van der Waals surface area contributed by atoms with Crippen LogP contribution in [-0.2, 0) is 4.74 Å². The van der Waals surface area contributed by atoms with Crippen molar-refractivity contribution in [3.8, 4) is 0 Å². The highest BCUT2D eigenvalue weighted by molar-refractivity contribution is 5.24. The summed E-state index contributed by atoms with van der Waals surface area (Å²) >= 11 is 0. The van der Waals surface area contributed by atoms with Crippen LogP contribution in [0.3, 0.4) is 0 Å². The van der Waals surface area contributed by atoms with Crippen molar-refractivity contribution in [3.63, 3.8) is 0 Å². The summed E-state index contributed by atoms with van der Waals surface area (Å²) in [5.74, 6) is 0. The Bertz CT molecular complexity index is 354. The number of hydrogen-bond donors (Lipinski definition) is 1. The Balaban J connectivity index is 1.89. The van der Waals surface area contributed by atoms with E-state index in [9.17, 15) is 0 Å². The third-order valence-electron chi connectivity index (χ3n) is 3.98. The lowest BCUT2D eigenvalue weighted by Gasteiger charge is -2.25. The molecule has 1 saturated carbocycles. The molecule has 1 aliphatic carbocycles. The van der Waals surface area contributed by atoms with E-state index in [2.05, 4.69) is 43.4 Å². The molecule has 1 aliphatic rings. The molecule has 106 valence electrons. The minimum absolute atomic E-state index is 0.326. The lowest BCUT2D eigenvalue weighted by Crippen LogP contribution is -2.28. The Kier molecular flexibility index (Phi) is 5.87. The second-order valence-corrected chi connectivity index (χ2v) is 5.61. The van der Waals surface area contributed by atoms with Gasteiger partial charge in [0, 0.05) is 0 Å². The van der Waals surface area contributed by atoms with E-state index in [0.29, 0.717) is 12.1 Å². The van der Waals surface area contributed by atoms with E-state index in [0.717, 1.165) is 13.2 Å². The number of ether oxygens (including phenoxy) is 1. The van der Waals surface area contributed by atoms with Crippen LogP contribution in [0.5, 0.6) is 0 Å². The molecule has 0 bridgehead atoms. The van der Waals surface area contributed by atoms with Gasteiger partial charge in [-0.2, -0.15) is 0 Å². The van der Waals surface area contributed by atoms with Crippen molar-refractivity contribution >= 4 is 0 Å². The van der Waals surface area contributed by atoms with Gasteiger partial charge in [0.1, 0.15) is 0 Å². The van der Waals surface area contributed by atoms with Gasteiger partial charge in [-0.25, -0.2) is 0 Å². The van der Waals surface area contributed by atoms with Gasteiger partial charge in [-0.15, -0.1) is 0 Å². The number of aryl methyl sites for hydroxylation is 1. The van der Waals surface area contributed by atoms with Crippen molar-refractivity contribution in [2.75, 3.05) is 13.2 Å². The zero-order chi connectivity index (χ0) is 13.5. The average Bonchev–Trinajstić information content (AvgIpc) is 2.46. The minimum atomic E-state index is 0.326. The molecule has 0 saturated heterocycles. The van der Waals surface area contributed by atoms with Gasteiger partial charge in [0.15, 0.2) is 0 Å². The topological polar surface area (TPSA) is 21.3 Å². The fourth-order valence-electron chi connectivity index (χ4n) is 2.78. The summed E-state index contributed by atoms with van der Waals surface area (Å²) in [4.78, 5) is 0. The van der Waals surface area contributed by atoms with Gasteiger partial charge in [-0.3, -0.25) is 0 Å². The molecule has 1 fully saturated rings. The van der Waals surface area contributed by atoms with E-state index in [-0.39, 0.29) is 0 Å². The summed E-state index contributed by atoms with van der Waals surface area (Å²) in [5, 5.41) is 3.53. The third-order valence-corrected chi connectivity index (χ3v) is 3.98. The summed E-state index contributed by atoms with van der Waals surface area (Å²) in [7, 11) is 0. The molecule has 0 radical (unpaired) electrons. The summed E-state index contributed by atoms with van der Waals surface area (Å²) in [6.45, 7) is 6.06. The Hall–Kier alpha value is -0.860. The minimum Gasteiger partial charge on any atom is -0.376 e. The second kappa shape index (κ2) is 7.66. The lowest BCUT2D eigenvalue weighted by atomic mass is 9.97. The van der Waals surface area contributed by atoms with Crippen LogP contribution in [0.4, 0.5) is 0 Å². The summed E-state index contributed by atoms with van der Waals surface area (Å²) < 4.78 is 6.12. The maximum atomic E-state index is 6.12. The Morgan fingerprint density at radius 3 is 2.47 bits per heavy atom. The Labute approximate surface area is 117 Å². The van der Waals surface area contributed by atoms with Gasteiger partial charge in [0.05, 0.1) is 18.8 Å². The normalized spacial score (nSPS) is 18.4. The maximum Gasteiger partial charge on any atom is 0.0665 e. The summed E-state index contributed by atoms with van der Waals surface area (Å²) in [6.07, 6.45) is 7.02. The highest BCUT2D eigenvalue weighted by Crippen LogP contribution is 2.22. The van der Waals surface area contributed by atoms with E-state index in [4.69, 9.17) is 4.74 Å². The smallest absolute Gasteiger partial charge is 0.0665 e. The zero-order valence-corrected chi connectivity index (χ0v) is 12.3. The predicted molar refractivity (Wildman–Crippen MR) is 80.4 cm³/mol. The lowest BCUT2D eigenvalue weighted by molar-refractivity contribution is 0.0158. The van der Waals surface area contributed by atoms with Crippen molar-refractivity contribution in [2.45, 2.75) is 58.1 Å². The van der Waals surface area contributed by atoms with E-state index in [1.54, 1.807) is 0 Å². The molecule has 0 spiro atoms. The highest BCUT2D eigenvalue weighted by Gasteiger charge is 2.17. The first-order valence-corrected chi connectivity index (χ1v) is 7.71. The zero-order valence-electron chi connectivity index (χ0n) is 12.3. The van der Waals surface area contributed by atoms with E-state index >= 15 is 0 Å². The van der Waals surface area contributed by atoms with Crippen molar-refractivity contribution in [2.24, 2.45) is 0 Å². The maximum absolute atomic E-state index is 6.12. The fraction of sp³-hybridized carbons (Fsp3) is 0.647. The van der Waals surface area contributed by atoms with Gasteiger partial charge in [-0.05, 0) is 31.9 Å². The SMILES string of the molecule is CCNC(COC1CCCCC1)c1ccc(C)cc1. The van der Waals surface area contributed by atoms with Crippen LogP contribution in [0.1, 0.15) is 56.2 Å². The number of likely N-dealkylation sites (N-methyl/N-ethyl adjacent to an activating group) is 1. The van der Waals surface area contributed by atoms with E-state index in [1.165, 1.54) is 43.2 Å². The number of nitrogens with one attached hydrogen (secondary N) is 1. The summed E-state index contributed by atoms with van der Waals surface area (Å²) in [6, 6.07) is 9.12. The summed E-state index contributed by atoms with van der Waals surface area (Å²) in [5.41, 5.74) is 2.65. The van der Waals surface area contributed by atoms with Gasteiger partial charge in [0.25, 0.3) is 0 Å². The molecule has 1 aromatic rings. The van der Waals surface area contributed by atoms with Crippen LogP contribution in [0.15, 0.2) is 24.3 Å². The van der Waals surface area contributed by atoms with Crippen LogP contribution in [0.25, 0.3) is 0 Å². The largest absolute Gasteiger partial charge is 0.376 e. The first-order valence-electron chi connectivity index (χ1n) is 7.71. The first-order chi connectivity index (χ1) is 9.29. The van der Waals surface area contributed by atoms with Crippen LogP contribution in [0, 0.1) is 6.92 Å². The molecule has 2 heteroatoms. The molecular weight excluding hydrogens is 234 g/mol. The van der Waals surface area contributed by atoms with Crippen LogP contribution >= 0.6 is 0 Å². The monoisotopic (exact) mass is 261 g/mol. The van der Waals surface area contributed by atoms with E-state index in [1.807, 2.05) is 0 Å². The number of rotatable bonds is 6. The van der Waals surface area contributed by atoms with Crippen molar-refractivity contribution in [3.05, 3.63) is 35.4 Å².